The zero-order valence-electron chi connectivity index (χ0n) is 17.2. The lowest BCUT2D eigenvalue weighted by Crippen LogP contribution is -2.49. The number of carbonyl (C=O) groups is 1. The number of likely N-dealkylation sites (tertiary alicyclic amines) is 1. The van der Waals surface area contributed by atoms with Gasteiger partial charge in [0, 0.05) is 49.7 Å². The van der Waals surface area contributed by atoms with E-state index >= 15 is 0 Å². The van der Waals surface area contributed by atoms with Crippen LogP contribution in [0.25, 0.3) is 11.3 Å². The van der Waals surface area contributed by atoms with Crippen LogP contribution >= 0.6 is 0 Å². The second-order valence-electron chi connectivity index (χ2n) is 7.99. The monoisotopic (exact) mass is 443 g/mol. The van der Waals surface area contributed by atoms with Crippen LogP contribution in [0.2, 0.25) is 0 Å². The van der Waals surface area contributed by atoms with Gasteiger partial charge in [0.15, 0.2) is 0 Å². The molecular weight excluding hydrogens is 423 g/mol. The van der Waals surface area contributed by atoms with Crippen LogP contribution in [0.15, 0.2) is 54.7 Å². The van der Waals surface area contributed by atoms with E-state index in [9.17, 15) is 18.0 Å². The largest absolute Gasteiger partial charge is 0.573 e. The van der Waals surface area contributed by atoms with Crippen molar-refractivity contribution in [3.63, 3.8) is 0 Å². The number of ether oxygens (including phenoxy) is 2. The Bertz CT molecular complexity index is 1160. The SMILES string of the molecule is Cn1ncc2c1-c1ccccc1OC21CCN(C(=O)c2ccc(OC(F)(F)F)cc2)CC1. The van der Waals surface area contributed by atoms with Crippen molar-refractivity contribution in [2.24, 2.45) is 7.05 Å². The second kappa shape index (κ2) is 7.29. The third-order valence-corrected chi connectivity index (χ3v) is 6.07. The smallest absolute Gasteiger partial charge is 0.482 e. The van der Waals surface area contributed by atoms with Gasteiger partial charge < -0.3 is 14.4 Å². The number of aryl methyl sites for hydroxylation is 1. The van der Waals surface area contributed by atoms with Crippen molar-refractivity contribution >= 4 is 5.91 Å². The van der Waals surface area contributed by atoms with E-state index in [-0.39, 0.29) is 11.7 Å². The number of alkyl halides is 3. The van der Waals surface area contributed by atoms with E-state index in [1.165, 1.54) is 12.1 Å². The molecule has 1 fully saturated rings. The number of hydrogen-bond donors (Lipinski definition) is 0. The van der Waals surface area contributed by atoms with E-state index in [0.717, 1.165) is 34.7 Å². The number of fused-ring (bicyclic) bond motifs is 4. The molecule has 0 radical (unpaired) electrons. The molecule has 1 amide bonds. The van der Waals surface area contributed by atoms with Crippen LogP contribution in [0, 0.1) is 0 Å². The van der Waals surface area contributed by atoms with E-state index in [1.807, 2.05) is 42.2 Å². The number of nitrogens with zero attached hydrogens (tertiary/aromatic N) is 3. The highest BCUT2D eigenvalue weighted by molar-refractivity contribution is 5.94. The molecule has 3 aromatic rings. The van der Waals surface area contributed by atoms with Crippen molar-refractivity contribution in [2.45, 2.75) is 24.8 Å². The molecule has 0 atom stereocenters. The number of para-hydroxylation sites is 1. The van der Waals surface area contributed by atoms with Crippen molar-refractivity contribution in [2.75, 3.05) is 13.1 Å². The maximum Gasteiger partial charge on any atom is 0.573 e. The van der Waals surface area contributed by atoms with Gasteiger partial charge in [-0.1, -0.05) is 12.1 Å². The molecule has 0 aliphatic carbocycles. The fraction of sp³-hybridized carbons (Fsp3) is 0.304. The molecule has 2 aromatic carbocycles. The molecule has 32 heavy (non-hydrogen) atoms. The van der Waals surface area contributed by atoms with Crippen LogP contribution in [0.1, 0.15) is 28.8 Å². The Hall–Kier alpha value is -3.49. The molecule has 1 aromatic heterocycles. The molecule has 0 bridgehead atoms. The molecule has 2 aliphatic rings. The van der Waals surface area contributed by atoms with E-state index in [1.54, 1.807) is 4.90 Å². The van der Waals surface area contributed by atoms with Gasteiger partial charge in [0.1, 0.15) is 17.1 Å². The van der Waals surface area contributed by atoms with Crippen LogP contribution in [0.3, 0.4) is 0 Å². The van der Waals surface area contributed by atoms with Crippen LogP contribution in [-0.4, -0.2) is 40.0 Å². The van der Waals surface area contributed by atoms with Crippen molar-refractivity contribution in [3.8, 4) is 22.8 Å². The Morgan fingerprint density at radius 2 is 1.78 bits per heavy atom. The van der Waals surface area contributed by atoms with Crippen LogP contribution in [-0.2, 0) is 12.6 Å². The molecule has 0 unspecified atom stereocenters. The molecule has 1 saturated heterocycles. The van der Waals surface area contributed by atoms with E-state index in [4.69, 9.17) is 4.74 Å². The van der Waals surface area contributed by atoms with E-state index in [2.05, 4.69) is 9.84 Å². The highest BCUT2D eigenvalue weighted by atomic mass is 19.4. The molecule has 9 heteroatoms. The highest BCUT2D eigenvalue weighted by Crippen LogP contribution is 2.49. The number of carbonyl (C=O) groups excluding carboxylic acids is 1. The predicted molar refractivity (Wildman–Crippen MR) is 109 cm³/mol. The van der Waals surface area contributed by atoms with Gasteiger partial charge in [0.2, 0.25) is 0 Å². The summed E-state index contributed by atoms with van der Waals surface area (Å²) in [6.07, 6.45) is -1.76. The molecule has 3 heterocycles. The summed E-state index contributed by atoms with van der Waals surface area (Å²) < 4.78 is 49.3. The Labute approximate surface area is 182 Å². The molecule has 5 rings (SSSR count). The fourth-order valence-electron chi connectivity index (χ4n) is 4.53. The fourth-order valence-corrected chi connectivity index (χ4v) is 4.53. The first-order chi connectivity index (χ1) is 15.3. The van der Waals surface area contributed by atoms with Gasteiger partial charge in [0.25, 0.3) is 5.91 Å². The Morgan fingerprint density at radius 1 is 1.09 bits per heavy atom. The Kier molecular flexibility index (Phi) is 4.65. The Morgan fingerprint density at radius 3 is 2.47 bits per heavy atom. The van der Waals surface area contributed by atoms with Crippen LogP contribution < -0.4 is 9.47 Å². The maximum absolute atomic E-state index is 12.9. The van der Waals surface area contributed by atoms with Crippen molar-refractivity contribution < 1.29 is 27.4 Å². The van der Waals surface area contributed by atoms with E-state index < -0.39 is 12.0 Å². The number of benzene rings is 2. The standard InChI is InChI=1S/C23H20F3N3O3/c1-28-20-17-4-2-3-5-19(17)32-22(18(20)14-27-28)10-12-29(13-11-22)21(30)15-6-8-16(9-7-15)31-23(24,25)26/h2-9,14H,10-13H2,1H3. The number of halogens is 3. The summed E-state index contributed by atoms with van der Waals surface area (Å²) in [6.45, 7) is 0.909. The first-order valence-corrected chi connectivity index (χ1v) is 10.2. The minimum atomic E-state index is -4.77. The highest BCUT2D eigenvalue weighted by Gasteiger charge is 2.45. The number of aromatic nitrogens is 2. The van der Waals surface area contributed by atoms with Gasteiger partial charge in [-0.05, 0) is 36.4 Å². The topological polar surface area (TPSA) is 56.6 Å². The van der Waals surface area contributed by atoms with Gasteiger partial charge in [0.05, 0.1) is 11.9 Å². The van der Waals surface area contributed by atoms with Crippen molar-refractivity contribution in [3.05, 3.63) is 65.9 Å². The minimum absolute atomic E-state index is 0.235. The first-order valence-electron chi connectivity index (χ1n) is 10.2. The third kappa shape index (κ3) is 3.47. The summed E-state index contributed by atoms with van der Waals surface area (Å²) in [5.41, 5.74) is 2.77. The number of piperidine rings is 1. The van der Waals surface area contributed by atoms with Gasteiger partial charge in [-0.2, -0.15) is 5.10 Å². The molecule has 6 nitrogen and oxygen atoms in total. The van der Waals surface area contributed by atoms with Gasteiger partial charge in [-0.15, -0.1) is 13.2 Å². The maximum atomic E-state index is 12.9. The summed E-state index contributed by atoms with van der Waals surface area (Å²) in [6, 6.07) is 12.8. The van der Waals surface area contributed by atoms with E-state index in [0.29, 0.717) is 31.5 Å². The molecular formula is C23H20F3N3O3. The van der Waals surface area contributed by atoms with Crippen molar-refractivity contribution in [1.82, 2.24) is 14.7 Å². The van der Waals surface area contributed by atoms with Crippen molar-refractivity contribution in [1.29, 1.82) is 0 Å². The summed E-state index contributed by atoms with van der Waals surface area (Å²) in [5, 5.41) is 4.45. The molecule has 1 spiro atoms. The molecule has 2 aliphatic heterocycles. The molecule has 166 valence electrons. The van der Waals surface area contributed by atoms with Gasteiger partial charge in [-0.3, -0.25) is 9.48 Å². The number of hydrogen-bond acceptors (Lipinski definition) is 4. The quantitative estimate of drug-likeness (QED) is 0.585. The third-order valence-electron chi connectivity index (χ3n) is 6.07. The van der Waals surface area contributed by atoms with Crippen LogP contribution in [0.4, 0.5) is 13.2 Å². The summed E-state index contributed by atoms with van der Waals surface area (Å²) in [4.78, 5) is 14.6. The van der Waals surface area contributed by atoms with Gasteiger partial charge >= 0.3 is 6.36 Å². The summed E-state index contributed by atoms with van der Waals surface area (Å²) in [5.74, 6) is 0.203. The zero-order valence-corrected chi connectivity index (χ0v) is 17.2. The zero-order chi connectivity index (χ0) is 22.5. The first kappa shape index (κ1) is 20.4. The second-order valence-corrected chi connectivity index (χ2v) is 7.99. The lowest BCUT2D eigenvalue weighted by molar-refractivity contribution is -0.274. The summed E-state index contributed by atoms with van der Waals surface area (Å²) in [7, 11) is 1.90. The molecule has 0 saturated carbocycles. The minimum Gasteiger partial charge on any atom is -0.482 e. The Balaban J connectivity index is 1.34. The predicted octanol–water partition coefficient (Wildman–Crippen LogP) is 4.51. The average molecular weight is 443 g/mol. The number of amides is 1. The lowest BCUT2D eigenvalue weighted by Gasteiger charge is -2.44. The number of rotatable bonds is 2. The molecule has 0 N–H and O–H groups in total. The lowest BCUT2D eigenvalue weighted by atomic mass is 9.81. The normalized spacial score (nSPS) is 16.8. The summed E-state index contributed by atoms with van der Waals surface area (Å²) >= 11 is 0. The average Bonchev–Trinajstić information content (AvgIpc) is 3.16. The van der Waals surface area contributed by atoms with Gasteiger partial charge in [-0.25, -0.2) is 0 Å². The van der Waals surface area contributed by atoms with Crippen LogP contribution in [0.5, 0.6) is 11.5 Å².